The van der Waals surface area contributed by atoms with E-state index in [1.807, 2.05) is 24.3 Å². The number of benzene rings is 1. The van der Waals surface area contributed by atoms with Crippen LogP contribution in [0.2, 0.25) is 0 Å². The van der Waals surface area contributed by atoms with Crippen molar-refractivity contribution in [3.8, 4) is 11.5 Å². The molecule has 1 aromatic carbocycles. The van der Waals surface area contributed by atoms with Gasteiger partial charge in [-0.25, -0.2) is 0 Å². The zero-order valence-corrected chi connectivity index (χ0v) is 11.2. The van der Waals surface area contributed by atoms with E-state index >= 15 is 0 Å². The Balaban J connectivity index is 1.81. The summed E-state index contributed by atoms with van der Waals surface area (Å²) in [5.74, 6) is 2.67. The van der Waals surface area contributed by atoms with E-state index in [1.54, 1.807) is 0 Å². The van der Waals surface area contributed by atoms with Crippen LogP contribution in [0, 0.1) is 5.92 Å². The van der Waals surface area contributed by atoms with Gasteiger partial charge in [-0.05, 0) is 43.0 Å². The molecule has 4 nitrogen and oxygen atoms in total. The third-order valence-corrected chi connectivity index (χ3v) is 3.90. The number of anilines is 1. The van der Waals surface area contributed by atoms with Crippen molar-refractivity contribution in [3.63, 3.8) is 0 Å². The molecule has 1 aliphatic carbocycles. The Kier molecular flexibility index (Phi) is 3.23. The average molecular weight is 257 g/mol. The molecule has 2 atom stereocenters. The van der Waals surface area contributed by atoms with Crippen LogP contribution in [0.4, 0.5) is 5.69 Å². The van der Waals surface area contributed by atoms with Gasteiger partial charge in [0.15, 0.2) is 5.82 Å². The van der Waals surface area contributed by atoms with Crippen LogP contribution in [0.5, 0.6) is 0 Å². The molecule has 2 aromatic rings. The molecule has 0 aliphatic heterocycles. The maximum atomic E-state index is 5.68. The molecule has 1 aliphatic rings. The van der Waals surface area contributed by atoms with E-state index in [0.717, 1.165) is 23.0 Å². The molecule has 1 saturated carbocycles. The van der Waals surface area contributed by atoms with E-state index in [9.17, 15) is 0 Å². The molecule has 19 heavy (non-hydrogen) atoms. The Hall–Kier alpha value is -1.84. The fourth-order valence-corrected chi connectivity index (χ4v) is 2.81. The molecule has 0 spiro atoms. The van der Waals surface area contributed by atoms with E-state index in [1.165, 1.54) is 25.7 Å². The Labute approximate surface area is 113 Å². The highest BCUT2D eigenvalue weighted by Gasteiger charge is 2.24. The average Bonchev–Trinajstić information content (AvgIpc) is 2.89. The van der Waals surface area contributed by atoms with Crippen LogP contribution < -0.4 is 5.73 Å². The topological polar surface area (TPSA) is 64.9 Å². The number of hydrogen-bond acceptors (Lipinski definition) is 4. The highest BCUT2D eigenvalue weighted by Crippen LogP contribution is 2.35. The first-order chi connectivity index (χ1) is 9.22. The molecule has 0 amide bonds. The molecule has 1 fully saturated rings. The fraction of sp³-hybridized carbons (Fsp3) is 0.467. The largest absolute Gasteiger partial charge is 0.399 e. The van der Waals surface area contributed by atoms with Gasteiger partial charge in [0.2, 0.25) is 0 Å². The predicted octanol–water partition coefficient (Wildman–Crippen LogP) is 3.61. The van der Waals surface area contributed by atoms with Crippen molar-refractivity contribution in [3.05, 3.63) is 30.1 Å². The summed E-state index contributed by atoms with van der Waals surface area (Å²) in [4.78, 5) is 4.55. The maximum absolute atomic E-state index is 5.68. The minimum atomic E-state index is 0.454. The highest BCUT2D eigenvalue weighted by atomic mass is 16.5. The van der Waals surface area contributed by atoms with Crippen LogP contribution in [0.15, 0.2) is 28.8 Å². The first-order valence-corrected chi connectivity index (χ1v) is 6.92. The number of hydrogen-bond donors (Lipinski definition) is 1. The molecule has 1 heterocycles. The predicted molar refractivity (Wildman–Crippen MR) is 74.5 cm³/mol. The van der Waals surface area contributed by atoms with Crippen molar-refractivity contribution in [1.29, 1.82) is 0 Å². The molecule has 3 rings (SSSR count). The minimum absolute atomic E-state index is 0.454. The van der Waals surface area contributed by atoms with Crippen molar-refractivity contribution in [2.45, 2.75) is 38.5 Å². The van der Waals surface area contributed by atoms with Crippen molar-refractivity contribution < 1.29 is 4.52 Å². The lowest BCUT2D eigenvalue weighted by Gasteiger charge is -2.23. The van der Waals surface area contributed by atoms with E-state index in [-0.39, 0.29) is 0 Å². The van der Waals surface area contributed by atoms with Crippen LogP contribution in [-0.4, -0.2) is 10.1 Å². The maximum Gasteiger partial charge on any atom is 0.257 e. The van der Waals surface area contributed by atoms with Crippen molar-refractivity contribution >= 4 is 5.69 Å². The lowest BCUT2D eigenvalue weighted by Crippen LogP contribution is -2.12. The van der Waals surface area contributed by atoms with Crippen LogP contribution in [0.3, 0.4) is 0 Å². The monoisotopic (exact) mass is 257 g/mol. The number of nitrogen functional groups attached to an aromatic ring is 1. The van der Waals surface area contributed by atoms with Crippen molar-refractivity contribution in [2.24, 2.45) is 5.92 Å². The first-order valence-electron chi connectivity index (χ1n) is 6.92. The Morgan fingerprint density at radius 3 is 2.74 bits per heavy atom. The molecule has 0 bridgehead atoms. The summed E-state index contributed by atoms with van der Waals surface area (Å²) in [6, 6.07) is 7.52. The smallest absolute Gasteiger partial charge is 0.257 e. The number of nitrogens with two attached hydrogens (primary N) is 1. The fourth-order valence-electron chi connectivity index (χ4n) is 2.81. The summed E-state index contributed by atoms with van der Waals surface area (Å²) in [6.45, 7) is 2.30. The first kappa shape index (κ1) is 12.2. The summed E-state index contributed by atoms with van der Waals surface area (Å²) >= 11 is 0. The van der Waals surface area contributed by atoms with Gasteiger partial charge in [-0.15, -0.1) is 0 Å². The summed E-state index contributed by atoms with van der Waals surface area (Å²) in [5, 5.41) is 4.16. The Bertz CT molecular complexity index is 547. The molecular weight excluding hydrogens is 238 g/mol. The normalized spacial score (nSPS) is 23.4. The molecule has 2 N–H and O–H groups in total. The minimum Gasteiger partial charge on any atom is -0.399 e. The third kappa shape index (κ3) is 2.62. The Morgan fingerprint density at radius 1 is 1.21 bits per heavy atom. The zero-order valence-electron chi connectivity index (χ0n) is 11.2. The van der Waals surface area contributed by atoms with E-state index in [4.69, 9.17) is 10.3 Å². The van der Waals surface area contributed by atoms with Gasteiger partial charge in [-0.1, -0.05) is 24.9 Å². The standard InChI is InChI=1S/C15H19N3O/c1-10-3-2-4-12(9-10)14-17-15(19-18-14)11-5-7-13(16)8-6-11/h5-8,10,12H,2-4,9,16H2,1H3. The van der Waals surface area contributed by atoms with E-state index < -0.39 is 0 Å². The molecule has 2 unspecified atom stereocenters. The summed E-state index contributed by atoms with van der Waals surface area (Å²) in [6.07, 6.45) is 4.92. The van der Waals surface area contributed by atoms with Crippen LogP contribution >= 0.6 is 0 Å². The molecule has 4 heteroatoms. The Morgan fingerprint density at radius 2 is 2.00 bits per heavy atom. The second-order valence-corrected chi connectivity index (χ2v) is 5.55. The lowest BCUT2D eigenvalue weighted by atomic mass is 9.82. The third-order valence-electron chi connectivity index (χ3n) is 3.90. The molecule has 0 saturated heterocycles. The molecule has 100 valence electrons. The summed E-state index contributed by atoms with van der Waals surface area (Å²) in [5.41, 5.74) is 7.34. The van der Waals surface area contributed by atoms with Crippen LogP contribution in [-0.2, 0) is 0 Å². The van der Waals surface area contributed by atoms with Gasteiger partial charge in [-0.3, -0.25) is 0 Å². The molecular formula is C15H19N3O. The highest BCUT2D eigenvalue weighted by molar-refractivity contribution is 5.56. The van der Waals surface area contributed by atoms with Crippen molar-refractivity contribution in [2.75, 3.05) is 5.73 Å². The quantitative estimate of drug-likeness (QED) is 0.835. The summed E-state index contributed by atoms with van der Waals surface area (Å²) in [7, 11) is 0. The SMILES string of the molecule is CC1CCCC(c2noc(-c3ccc(N)cc3)n2)C1. The van der Waals surface area contributed by atoms with Gasteiger partial charge >= 0.3 is 0 Å². The van der Waals surface area contributed by atoms with Gasteiger partial charge in [0.05, 0.1) is 0 Å². The van der Waals surface area contributed by atoms with Gasteiger partial charge in [0, 0.05) is 17.2 Å². The summed E-state index contributed by atoms with van der Waals surface area (Å²) < 4.78 is 5.38. The van der Waals surface area contributed by atoms with Crippen molar-refractivity contribution in [1.82, 2.24) is 10.1 Å². The van der Waals surface area contributed by atoms with Crippen LogP contribution in [0.25, 0.3) is 11.5 Å². The lowest BCUT2D eigenvalue weighted by molar-refractivity contribution is 0.324. The van der Waals surface area contributed by atoms with Gasteiger partial charge in [0.1, 0.15) is 0 Å². The number of rotatable bonds is 2. The second kappa shape index (κ2) is 5.03. The molecule has 0 radical (unpaired) electrons. The zero-order chi connectivity index (χ0) is 13.2. The number of nitrogens with zero attached hydrogens (tertiary/aromatic N) is 2. The van der Waals surface area contributed by atoms with Gasteiger partial charge in [0.25, 0.3) is 5.89 Å². The second-order valence-electron chi connectivity index (χ2n) is 5.55. The van der Waals surface area contributed by atoms with Gasteiger partial charge in [-0.2, -0.15) is 4.98 Å². The van der Waals surface area contributed by atoms with E-state index in [0.29, 0.717) is 11.8 Å². The molecule has 1 aromatic heterocycles. The number of aromatic nitrogens is 2. The van der Waals surface area contributed by atoms with Gasteiger partial charge < -0.3 is 10.3 Å². The van der Waals surface area contributed by atoms with Crippen LogP contribution in [0.1, 0.15) is 44.3 Å². The van der Waals surface area contributed by atoms with E-state index in [2.05, 4.69) is 17.1 Å².